The Morgan fingerprint density at radius 1 is 1.12 bits per heavy atom. The molecule has 2 aromatic rings. The van der Waals surface area contributed by atoms with Crippen LogP contribution in [0, 0.1) is 6.92 Å². The lowest BCUT2D eigenvalue weighted by Crippen LogP contribution is -2.10. The first-order valence-corrected chi connectivity index (χ1v) is 4.82. The van der Waals surface area contributed by atoms with Crippen molar-refractivity contribution in [1.82, 2.24) is 9.97 Å². The molecule has 0 saturated carbocycles. The van der Waals surface area contributed by atoms with E-state index >= 15 is 0 Å². The van der Waals surface area contributed by atoms with Crippen LogP contribution in [0.1, 0.15) is 5.56 Å². The quantitative estimate of drug-likeness (QED) is 0.605. The van der Waals surface area contributed by atoms with Gasteiger partial charge < -0.3 is 10.2 Å². The number of nitrogens with zero attached hydrogens (tertiary/aromatic N) is 2. The van der Waals surface area contributed by atoms with Gasteiger partial charge in [-0.3, -0.25) is 0 Å². The van der Waals surface area contributed by atoms with Crippen LogP contribution < -0.4 is 16.0 Å². The number of nitrogens with two attached hydrogens (primary N) is 1. The van der Waals surface area contributed by atoms with Gasteiger partial charge in [-0.1, -0.05) is 17.7 Å². The molecule has 0 aliphatic rings. The molecule has 0 aliphatic carbocycles. The van der Waals surface area contributed by atoms with Gasteiger partial charge in [0.1, 0.15) is 5.75 Å². The Balaban J connectivity index is 2.23. The maximum atomic E-state index is 5.54. The van der Waals surface area contributed by atoms with Crippen LogP contribution in [0.15, 0.2) is 36.7 Å². The van der Waals surface area contributed by atoms with Gasteiger partial charge in [0.2, 0.25) is 5.82 Å². The average Bonchev–Trinajstić information content (AvgIpc) is 2.33. The molecule has 0 amide bonds. The highest BCUT2D eigenvalue weighted by Gasteiger charge is 2.05. The lowest BCUT2D eigenvalue weighted by Gasteiger charge is -2.07. The van der Waals surface area contributed by atoms with Crippen LogP contribution >= 0.6 is 0 Å². The van der Waals surface area contributed by atoms with Crippen LogP contribution in [0.4, 0.5) is 5.82 Å². The number of benzene rings is 1. The topological polar surface area (TPSA) is 73.1 Å². The Bertz CT molecular complexity index is 470. The number of aryl methyl sites for hydroxylation is 1. The lowest BCUT2D eigenvalue weighted by atomic mass is 10.2. The summed E-state index contributed by atoms with van der Waals surface area (Å²) >= 11 is 0. The number of anilines is 1. The predicted octanol–water partition coefficient (Wildman–Crippen LogP) is 1.86. The Kier molecular flexibility index (Phi) is 2.98. The van der Waals surface area contributed by atoms with E-state index in [1.807, 2.05) is 31.2 Å². The zero-order valence-electron chi connectivity index (χ0n) is 8.84. The molecule has 82 valence electrons. The van der Waals surface area contributed by atoms with Gasteiger partial charge in [-0.15, -0.1) is 0 Å². The molecule has 5 heteroatoms. The highest BCUT2D eigenvalue weighted by Crippen LogP contribution is 2.24. The third-order valence-electron chi connectivity index (χ3n) is 2.04. The minimum absolute atomic E-state index is 0.355. The minimum Gasteiger partial charge on any atom is -0.436 e. The molecule has 5 nitrogen and oxygen atoms in total. The molecule has 3 N–H and O–H groups in total. The maximum Gasteiger partial charge on any atom is 0.264 e. The molecular formula is C11H12N4O. The minimum atomic E-state index is 0.355. The largest absolute Gasteiger partial charge is 0.436 e. The second-order valence-electron chi connectivity index (χ2n) is 3.27. The SMILES string of the molecule is Cc1ccc(Oc2nccnc2NN)cc1. The van der Waals surface area contributed by atoms with E-state index in [-0.39, 0.29) is 0 Å². The Hall–Kier alpha value is -2.14. The van der Waals surface area contributed by atoms with Gasteiger partial charge in [-0.05, 0) is 19.1 Å². The van der Waals surface area contributed by atoms with Crippen molar-refractivity contribution in [1.29, 1.82) is 0 Å². The second kappa shape index (κ2) is 4.59. The molecule has 1 aromatic carbocycles. The number of aromatic nitrogens is 2. The van der Waals surface area contributed by atoms with Crippen LogP contribution in [-0.2, 0) is 0 Å². The van der Waals surface area contributed by atoms with E-state index in [9.17, 15) is 0 Å². The number of nitrogens with one attached hydrogen (secondary N) is 1. The summed E-state index contributed by atoms with van der Waals surface area (Å²) in [5.41, 5.74) is 3.60. The first-order chi connectivity index (χ1) is 7.79. The Morgan fingerprint density at radius 2 is 1.81 bits per heavy atom. The second-order valence-corrected chi connectivity index (χ2v) is 3.27. The van der Waals surface area contributed by atoms with Crippen LogP contribution in [0.2, 0.25) is 0 Å². The zero-order chi connectivity index (χ0) is 11.4. The number of rotatable bonds is 3. The summed E-state index contributed by atoms with van der Waals surface area (Å²) in [4.78, 5) is 8.03. The van der Waals surface area contributed by atoms with Gasteiger partial charge in [0.15, 0.2) is 0 Å². The molecule has 0 radical (unpaired) electrons. The third-order valence-corrected chi connectivity index (χ3v) is 2.04. The van der Waals surface area contributed by atoms with E-state index < -0.39 is 0 Å². The van der Waals surface area contributed by atoms with E-state index in [1.54, 1.807) is 6.20 Å². The fourth-order valence-corrected chi connectivity index (χ4v) is 1.22. The van der Waals surface area contributed by atoms with Crippen molar-refractivity contribution in [3.63, 3.8) is 0 Å². The van der Waals surface area contributed by atoms with Crippen molar-refractivity contribution in [3.8, 4) is 11.6 Å². The fraction of sp³-hybridized carbons (Fsp3) is 0.0909. The zero-order valence-corrected chi connectivity index (χ0v) is 8.84. The molecule has 0 unspecified atom stereocenters. The summed E-state index contributed by atoms with van der Waals surface area (Å²) in [7, 11) is 0. The molecule has 2 rings (SSSR count). The summed E-state index contributed by atoms with van der Waals surface area (Å²) in [6, 6.07) is 7.65. The maximum absolute atomic E-state index is 5.54. The van der Waals surface area contributed by atoms with E-state index in [4.69, 9.17) is 10.6 Å². The summed E-state index contributed by atoms with van der Waals surface area (Å²) < 4.78 is 5.54. The first kappa shape index (κ1) is 10.4. The van der Waals surface area contributed by atoms with E-state index in [2.05, 4.69) is 15.4 Å². The van der Waals surface area contributed by atoms with Crippen molar-refractivity contribution in [2.45, 2.75) is 6.92 Å². The van der Waals surface area contributed by atoms with Crippen LogP contribution in [0.5, 0.6) is 11.6 Å². The monoisotopic (exact) mass is 216 g/mol. The highest BCUT2D eigenvalue weighted by molar-refractivity contribution is 5.45. The number of ether oxygens (including phenoxy) is 1. The molecule has 0 fully saturated rings. The predicted molar refractivity (Wildman–Crippen MR) is 61.1 cm³/mol. The van der Waals surface area contributed by atoms with E-state index in [1.165, 1.54) is 11.8 Å². The number of hydrazine groups is 1. The Labute approximate surface area is 93.3 Å². The third kappa shape index (κ3) is 2.26. The number of hydrogen-bond donors (Lipinski definition) is 2. The van der Waals surface area contributed by atoms with Crippen LogP contribution in [0.25, 0.3) is 0 Å². The summed E-state index contributed by atoms with van der Waals surface area (Å²) in [5, 5.41) is 0. The molecule has 0 spiro atoms. The van der Waals surface area contributed by atoms with Crippen LogP contribution in [0.3, 0.4) is 0 Å². The van der Waals surface area contributed by atoms with Crippen molar-refractivity contribution in [3.05, 3.63) is 42.2 Å². The van der Waals surface area contributed by atoms with E-state index in [0.29, 0.717) is 17.4 Å². The molecular weight excluding hydrogens is 204 g/mol. The molecule has 0 aliphatic heterocycles. The standard InChI is InChI=1S/C11H12N4O/c1-8-2-4-9(5-3-8)16-11-10(15-12)13-6-7-14-11/h2-7H,12H2,1H3,(H,13,15). The number of nitrogen functional groups attached to an aromatic ring is 1. The normalized spacial score (nSPS) is 9.88. The lowest BCUT2D eigenvalue weighted by molar-refractivity contribution is 0.462. The first-order valence-electron chi connectivity index (χ1n) is 4.82. The summed E-state index contributed by atoms with van der Waals surface area (Å²) in [6.07, 6.45) is 3.08. The molecule has 0 atom stereocenters. The molecule has 1 heterocycles. The van der Waals surface area contributed by atoms with Crippen molar-refractivity contribution < 1.29 is 4.74 Å². The van der Waals surface area contributed by atoms with Gasteiger partial charge in [-0.25, -0.2) is 15.8 Å². The molecule has 0 saturated heterocycles. The smallest absolute Gasteiger partial charge is 0.264 e. The highest BCUT2D eigenvalue weighted by atomic mass is 16.5. The van der Waals surface area contributed by atoms with Crippen molar-refractivity contribution >= 4 is 5.82 Å². The van der Waals surface area contributed by atoms with Crippen molar-refractivity contribution in [2.75, 3.05) is 5.43 Å². The molecule has 1 aromatic heterocycles. The molecule has 0 bridgehead atoms. The average molecular weight is 216 g/mol. The number of hydrogen-bond acceptors (Lipinski definition) is 5. The summed E-state index contributed by atoms with van der Waals surface area (Å²) in [6.45, 7) is 2.01. The van der Waals surface area contributed by atoms with Gasteiger partial charge in [0, 0.05) is 12.4 Å². The van der Waals surface area contributed by atoms with Gasteiger partial charge >= 0.3 is 0 Å². The summed E-state index contributed by atoms with van der Waals surface area (Å²) in [5.74, 6) is 6.75. The van der Waals surface area contributed by atoms with Crippen molar-refractivity contribution in [2.24, 2.45) is 5.84 Å². The fourth-order valence-electron chi connectivity index (χ4n) is 1.22. The van der Waals surface area contributed by atoms with Gasteiger partial charge in [0.25, 0.3) is 5.88 Å². The van der Waals surface area contributed by atoms with Crippen LogP contribution in [-0.4, -0.2) is 9.97 Å². The Morgan fingerprint density at radius 3 is 2.50 bits per heavy atom. The van der Waals surface area contributed by atoms with Gasteiger partial charge in [0.05, 0.1) is 0 Å². The van der Waals surface area contributed by atoms with E-state index in [0.717, 1.165) is 0 Å². The van der Waals surface area contributed by atoms with Gasteiger partial charge in [-0.2, -0.15) is 0 Å². The molecule has 16 heavy (non-hydrogen) atoms.